The van der Waals surface area contributed by atoms with Gasteiger partial charge in [0.1, 0.15) is 0 Å². The van der Waals surface area contributed by atoms with Gasteiger partial charge in [-0.3, -0.25) is 4.90 Å². The molecule has 0 amide bonds. The first-order valence-electron chi connectivity index (χ1n) is 7.61. The topological polar surface area (TPSA) is 18.5 Å². The molecule has 1 aliphatic rings. The predicted molar refractivity (Wildman–Crippen MR) is 82.8 cm³/mol. The third-order valence-electron chi connectivity index (χ3n) is 3.81. The van der Waals surface area contributed by atoms with Crippen LogP contribution in [0.15, 0.2) is 24.3 Å². The molecule has 1 aromatic rings. The lowest BCUT2D eigenvalue weighted by Crippen LogP contribution is -2.46. The zero-order valence-corrected chi connectivity index (χ0v) is 12.4. The van der Waals surface area contributed by atoms with E-state index in [2.05, 4.69) is 53.2 Å². The molecule has 0 unspecified atom stereocenters. The number of hydrogen-bond donors (Lipinski definition) is 1. The fourth-order valence-electron chi connectivity index (χ4n) is 2.76. The molecule has 1 aromatic carbocycles. The quantitative estimate of drug-likeness (QED) is 0.848. The molecule has 1 fully saturated rings. The van der Waals surface area contributed by atoms with Crippen LogP contribution in [0.1, 0.15) is 25.8 Å². The van der Waals surface area contributed by atoms with E-state index in [1.807, 2.05) is 0 Å². The van der Waals surface area contributed by atoms with Crippen molar-refractivity contribution in [2.45, 2.75) is 26.8 Å². The molecule has 0 saturated carbocycles. The SMILES string of the molecule is CCCN1CCN(c2ccccc2CNCC)CC1. The Balaban J connectivity index is 1.98. The molecular formula is C16H27N3. The fraction of sp³-hybridized carbons (Fsp3) is 0.625. The van der Waals surface area contributed by atoms with Gasteiger partial charge >= 0.3 is 0 Å². The van der Waals surface area contributed by atoms with E-state index >= 15 is 0 Å². The molecule has 1 aliphatic heterocycles. The van der Waals surface area contributed by atoms with Crippen molar-refractivity contribution >= 4 is 5.69 Å². The summed E-state index contributed by atoms with van der Waals surface area (Å²) in [5.41, 5.74) is 2.84. The molecule has 0 spiro atoms. The number of piperazine rings is 1. The van der Waals surface area contributed by atoms with Gasteiger partial charge in [-0.1, -0.05) is 32.0 Å². The molecule has 3 heteroatoms. The highest BCUT2D eigenvalue weighted by Gasteiger charge is 2.17. The molecule has 2 rings (SSSR count). The second-order valence-corrected chi connectivity index (χ2v) is 5.24. The molecule has 0 radical (unpaired) electrons. The van der Waals surface area contributed by atoms with E-state index in [0.717, 1.165) is 26.2 Å². The summed E-state index contributed by atoms with van der Waals surface area (Å²) in [6, 6.07) is 8.81. The van der Waals surface area contributed by atoms with Crippen LogP contribution in [-0.4, -0.2) is 44.2 Å². The lowest BCUT2D eigenvalue weighted by molar-refractivity contribution is 0.258. The summed E-state index contributed by atoms with van der Waals surface area (Å²) in [6.07, 6.45) is 1.26. The van der Waals surface area contributed by atoms with Gasteiger partial charge in [-0.25, -0.2) is 0 Å². The highest BCUT2D eigenvalue weighted by atomic mass is 15.3. The van der Waals surface area contributed by atoms with Gasteiger partial charge in [-0.05, 0) is 31.1 Å². The molecule has 0 atom stereocenters. The first-order chi connectivity index (χ1) is 9.35. The first-order valence-corrected chi connectivity index (χ1v) is 7.61. The van der Waals surface area contributed by atoms with Crippen molar-refractivity contribution in [1.82, 2.24) is 10.2 Å². The molecular weight excluding hydrogens is 234 g/mol. The zero-order chi connectivity index (χ0) is 13.5. The van der Waals surface area contributed by atoms with E-state index in [0.29, 0.717) is 0 Å². The Morgan fingerprint density at radius 3 is 2.47 bits per heavy atom. The summed E-state index contributed by atoms with van der Waals surface area (Å²) in [7, 11) is 0. The average Bonchev–Trinajstić information content (AvgIpc) is 2.47. The van der Waals surface area contributed by atoms with E-state index in [9.17, 15) is 0 Å². The Bertz CT molecular complexity index is 370. The predicted octanol–water partition coefficient (Wildman–Crippen LogP) is 2.33. The monoisotopic (exact) mass is 261 g/mol. The maximum Gasteiger partial charge on any atom is 0.0412 e. The van der Waals surface area contributed by atoms with Crippen LogP contribution in [0.4, 0.5) is 5.69 Å². The van der Waals surface area contributed by atoms with E-state index in [1.165, 1.54) is 37.3 Å². The number of benzene rings is 1. The van der Waals surface area contributed by atoms with Gasteiger partial charge in [0, 0.05) is 38.4 Å². The molecule has 1 saturated heterocycles. The van der Waals surface area contributed by atoms with Gasteiger partial charge in [0.25, 0.3) is 0 Å². The summed E-state index contributed by atoms with van der Waals surface area (Å²) < 4.78 is 0. The number of nitrogens with zero attached hydrogens (tertiary/aromatic N) is 2. The van der Waals surface area contributed by atoms with Crippen molar-refractivity contribution in [2.24, 2.45) is 0 Å². The highest BCUT2D eigenvalue weighted by molar-refractivity contribution is 5.54. The van der Waals surface area contributed by atoms with Crippen LogP contribution in [0.2, 0.25) is 0 Å². The number of anilines is 1. The lowest BCUT2D eigenvalue weighted by atomic mass is 10.1. The average molecular weight is 261 g/mol. The van der Waals surface area contributed by atoms with Crippen molar-refractivity contribution in [2.75, 3.05) is 44.2 Å². The number of rotatable bonds is 6. The Morgan fingerprint density at radius 1 is 1.05 bits per heavy atom. The van der Waals surface area contributed by atoms with Crippen LogP contribution in [0.5, 0.6) is 0 Å². The van der Waals surface area contributed by atoms with E-state index in [-0.39, 0.29) is 0 Å². The van der Waals surface area contributed by atoms with E-state index in [1.54, 1.807) is 0 Å². The molecule has 0 aliphatic carbocycles. The van der Waals surface area contributed by atoms with Crippen LogP contribution in [0, 0.1) is 0 Å². The van der Waals surface area contributed by atoms with Gasteiger partial charge in [0.2, 0.25) is 0 Å². The van der Waals surface area contributed by atoms with E-state index in [4.69, 9.17) is 0 Å². The van der Waals surface area contributed by atoms with Crippen LogP contribution >= 0.6 is 0 Å². The number of hydrogen-bond acceptors (Lipinski definition) is 3. The summed E-state index contributed by atoms with van der Waals surface area (Å²) >= 11 is 0. The summed E-state index contributed by atoms with van der Waals surface area (Å²) in [5, 5.41) is 3.44. The number of nitrogens with one attached hydrogen (secondary N) is 1. The lowest BCUT2D eigenvalue weighted by Gasteiger charge is -2.37. The maximum absolute atomic E-state index is 3.44. The van der Waals surface area contributed by atoms with Gasteiger partial charge in [-0.15, -0.1) is 0 Å². The third kappa shape index (κ3) is 3.95. The molecule has 1 heterocycles. The van der Waals surface area contributed by atoms with Crippen LogP contribution in [0.3, 0.4) is 0 Å². The van der Waals surface area contributed by atoms with Crippen molar-refractivity contribution in [3.8, 4) is 0 Å². The molecule has 3 nitrogen and oxygen atoms in total. The molecule has 0 aromatic heterocycles. The minimum atomic E-state index is 0.974. The molecule has 106 valence electrons. The summed E-state index contributed by atoms with van der Waals surface area (Å²) in [5.74, 6) is 0. The second-order valence-electron chi connectivity index (χ2n) is 5.24. The van der Waals surface area contributed by atoms with Crippen LogP contribution < -0.4 is 10.2 Å². The Labute approximate surface area is 117 Å². The minimum Gasteiger partial charge on any atom is -0.369 e. The van der Waals surface area contributed by atoms with Crippen molar-refractivity contribution in [3.05, 3.63) is 29.8 Å². The summed E-state index contributed by atoms with van der Waals surface area (Å²) in [4.78, 5) is 5.11. The normalized spacial score (nSPS) is 16.8. The highest BCUT2D eigenvalue weighted by Crippen LogP contribution is 2.21. The third-order valence-corrected chi connectivity index (χ3v) is 3.81. The Kier molecular flexibility index (Phi) is 5.67. The standard InChI is InChI=1S/C16H27N3/c1-3-9-18-10-12-19(13-11-18)16-8-6-5-7-15(16)14-17-4-2/h5-8,17H,3-4,9-14H2,1-2H3. The minimum absolute atomic E-state index is 0.974. The Hall–Kier alpha value is -1.06. The second kappa shape index (κ2) is 7.51. The van der Waals surface area contributed by atoms with Crippen LogP contribution in [0.25, 0.3) is 0 Å². The van der Waals surface area contributed by atoms with Crippen molar-refractivity contribution < 1.29 is 0 Å². The molecule has 0 bridgehead atoms. The maximum atomic E-state index is 3.44. The van der Waals surface area contributed by atoms with Crippen molar-refractivity contribution in [1.29, 1.82) is 0 Å². The van der Waals surface area contributed by atoms with Gasteiger partial charge < -0.3 is 10.2 Å². The largest absolute Gasteiger partial charge is 0.369 e. The Morgan fingerprint density at radius 2 is 1.79 bits per heavy atom. The van der Waals surface area contributed by atoms with Crippen molar-refractivity contribution in [3.63, 3.8) is 0 Å². The van der Waals surface area contributed by atoms with Gasteiger partial charge in [-0.2, -0.15) is 0 Å². The van der Waals surface area contributed by atoms with E-state index < -0.39 is 0 Å². The fourth-order valence-corrected chi connectivity index (χ4v) is 2.76. The first kappa shape index (κ1) is 14.4. The van der Waals surface area contributed by atoms with Gasteiger partial charge in [0.05, 0.1) is 0 Å². The zero-order valence-electron chi connectivity index (χ0n) is 12.4. The van der Waals surface area contributed by atoms with Crippen LogP contribution in [-0.2, 0) is 6.54 Å². The molecule has 1 N–H and O–H groups in total. The number of para-hydroxylation sites is 1. The van der Waals surface area contributed by atoms with Gasteiger partial charge in [0.15, 0.2) is 0 Å². The summed E-state index contributed by atoms with van der Waals surface area (Å²) in [6.45, 7) is 12.4. The smallest absolute Gasteiger partial charge is 0.0412 e. The molecule has 19 heavy (non-hydrogen) atoms.